The first kappa shape index (κ1) is 108. The fourth-order valence-corrected chi connectivity index (χ4v) is 15.9. The number of ether oxygens (including phenoxy) is 4. The molecule has 19 heteroatoms. The van der Waals surface area contributed by atoms with Gasteiger partial charge in [0.05, 0.1) is 26.4 Å². The highest BCUT2D eigenvalue weighted by Gasteiger charge is 2.31. The smallest absolute Gasteiger partial charge is 0.462 e. The van der Waals surface area contributed by atoms with Gasteiger partial charge in [0.25, 0.3) is 0 Å². The third-order valence-electron chi connectivity index (χ3n) is 21.5. The molecule has 3 N–H and O–H groups in total. The van der Waals surface area contributed by atoms with Crippen molar-refractivity contribution in [2.24, 2.45) is 11.8 Å². The first-order chi connectivity index (χ1) is 53.4. The highest BCUT2D eigenvalue weighted by atomic mass is 31.2. The van der Waals surface area contributed by atoms with Gasteiger partial charge in [0, 0.05) is 25.7 Å². The topological polar surface area (TPSA) is 237 Å². The Bertz CT molecular complexity index is 2100. The summed E-state index contributed by atoms with van der Waals surface area (Å²) in [5.41, 5.74) is 0. The molecule has 0 radical (unpaired) electrons. The van der Waals surface area contributed by atoms with Crippen molar-refractivity contribution < 1.29 is 80.2 Å². The minimum atomic E-state index is -4.97. The van der Waals surface area contributed by atoms with E-state index in [4.69, 9.17) is 37.0 Å². The van der Waals surface area contributed by atoms with Crippen LogP contribution < -0.4 is 0 Å². The number of hydrogen-bond donors (Lipinski definition) is 3. The molecule has 0 heterocycles. The van der Waals surface area contributed by atoms with E-state index < -0.39 is 97.5 Å². The SMILES string of the molecule is CCCCCCCCCCCCCCCCCCCCCCCCC(=O)O[C@H](COC(=O)CCCCCCCCCCCCCCCCCCCCC(C)C)COP(=O)(O)OC[C@@H](O)COP(=O)(O)OC[C@@H](COC(=O)CCCCCCCCCCCCC(C)C)OC(=O)CCCCCCCCCCCCCCCC. The van der Waals surface area contributed by atoms with Crippen molar-refractivity contribution in [2.75, 3.05) is 39.6 Å². The van der Waals surface area contributed by atoms with Crippen LogP contribution in [0.1, 0.15) is 491 Å². The van der Waals surface area contributed by atoms with Crippen LogP contribution in [0.3, 0.4) is 0 Å². The largest absolute Gasteiger partial charge is 0.472 e. The first-order valence-electron chi connectivity index (χ1n) is 47.0. The van der Waals surface area contributed by atoms with E-state index in [-0.39, 0.29) is 25.7 Å². The van der Waals surface area contributed by atoms with E-state index in [1.807, 2.05) is 0 Å². The molecule has 0 fully saturated rings. The van der Waals surface area contributed by atoms with Gasteiger partial charge < -0.3 is 33.8 Å². The second-order valence-corrected chi connectivity index (χ2v) is 36.6. The predicted octanol–water partition coefficient (Wildman–Crippen LogP) is 28.2. The average Bonchev–Trinajstić information content (AvgIpc) is 0.898. The molecule has 654 valence electrons. The Labute approximate surface area is 677 Å². The second kappa shape index (κ2) is 82.2. The van der Waals surface area contributed by atoms with Crippen molar-refractivity contribution in [3.8, 4) is 0 Å². The quantitative estimate of drug-likeness (QED) is 0.0222. The highest BCUT2D eigenvalue weighted by Crippen LogP contribution is 2.45. The zero-order valence-electron chi connectivity index (χ0n) is 72.6. The summed E-state index contributed by atoms with van der Waals surface area (Å²) < 4.78 is 69.1. The van der Waals surface area contributed by atoms with Gasteiger partial charge in [-0.25, -0.2) is 9.13 Å². The zero-order chi connectivity index (χ0) is 80.6. The van der Waals surface area contributed by atoms with Gasteiger partial charge in [0.1, 0.15) is 19.3 Å². The molecule has 2 unspecified atom stereocenters. The molecule has 5 atom stereocenters. The molecular weight excluding hydrogens is 1430 g/mol. The molecule has 0 amide bonds. The number of phosphoric ester groups is 2. The number of carbonyl (C=O) groups excluding carboxylic acids is 4. The molecule has 0 spiro atoms. The van der Waals surface area contributed by atoms with E-state index in [2.05, 4.69) is 41.5 Å². The number of esters is 4. The minimum Gasteiger partial charge on any atom is -0.462 e. The Hall–Kier alpha value is -1.94. The highest BCUT2D eigenvalue weighted by molar-refractivity contribution is 7.47. The Kier molecular flexibility index (Phi) is 80.7. The number of aliphatic hydroxyl groups is 1. The third-order valence-corrected chi connectivity index (χ3v) is 23.4. The molecule has 0 saturated carbocycles. The fourth-order valence-electron chi connectivity index (χ4n) is 14.3. The van der Waals surface area contributed by atoms with E-state index in [0.29, 0.717) is 25.7 Å². The van der Waals surface area contributed by atoms with Gasteiger partial charge in [-0.2, -0.15) is 0 Å². The fraction of sp³-hybridized carbons (Fsp3) is 0.956. The van der Waals surface area contributed by atoms with Gasteiger partial charge in [-0.1, -0.05) is 440 Å². The Balaban J connectivity index is 5.23. The lowest BCUT2D eigenvalue weighted by Crippen LogP contribution is -2.30. The lowest BCUT2D eigenvalue weighted by Gasteiger charge is -2.21. The van der Waals surface area contributed by atoms with Crippen LogP contribution in [0.15, 0.2) is 0 Å². The summed E-state index contributed by atoms with van der Waals surface area (Å²) in [5, 5.41) is 10.7. The van der Waals surface area contributed by atoms with Gasteiger partial charge >= 0.3 is 39.5 Å². The number of aliphatic hydroxyl groups excluding tert-OH is 1. The molecule has 0 bridgehead atoms. The molecule has 0 aliphatic heterocycles. The summed E-state index contributed by atoms with van der Waals surface area (Å²) in [7, 11) is -9.93. The first-order valence-corrected chi connectivity index (χ1v) is 50.0. The van der Waals surface area contributed by atoms with Crippen LogP contribution in [0.4, 0.5) is 0 Å². The molecule has 0 saturated heterocycles. The zero-order valence-corrected chi connectivity index (χ0v) is 74.4. The number of phosphoric acid groups is 2. The standard InChI is InChI=1S/C91H178O17P2/c1-7-9-11-13-15-17-19-21-23-24-25-26-27-28-33-36-40-44-52-58-64-70-76-91(96)107-86(79-101-88(93)73-67-61-55-49-42-39-35-32-30-29-31-34-37-41-47-53-59-65-71-83(3)4)81-105-109(97,98)103-77-85(92)78-104-110(99,100)106-82-87(80-102-89(94)74-68-62-56-50-46-45-48-54-60-66-72-84(5)6)108-90(95)75-69-63-57-51-43-38-22-20-18-16-14-12-10-8-2/h83-87,92H,7-82H2,1-6H3,(H,97,98)(H,99,100)/t85-,86-,87-/m1/s1. The van der Waals surface area contributed by atoms with Crippen LogP contribution in [0, 0.1) is 11.8 Å². The van der Waals surface area contributed by atoms with Crippen molar-refractivity contribution in [3.05, 3.63) is 0 Å². The van der Waals surface area contributed by atoms with Gasteiger partial charge in [0.15, 0.2) is 12.2 Å². The van der Waals surface area contributed by atoms with E-state index in [0.717, 1.165) is 102 Å². The number of carbonyl (C=O) groups is 4. The van der Waals surface area contributed by atoms with E-state index >= 15 is 0 Å². The van der Waals surface area contributed by atoms with Crippen LogP contribution >= 0.6 is 15.6 Å². The van der Waals surface area contributed by atoms with Crippen LogP contribution in [0.2, 0.25) is 0 Å². The Morgan fingerprint density at radius 1 is 0.245 bits per heavy atom. The maximum Gasteiger partial charge on any atom is 0.472 e. The minimum absolute atomic E-state index is 0.108. The second-order valence-electron chi connectivity index (χ2n) is 33.6. The Morgan fingerprint density at radius 2 is 0.418 bits per heavy atom. The molecule has 0 aromatic carbocycles. The lowest BCUT2D eigenvalue weighted by molar-refractivity contribution is -0.161. The van der Waals surface area contributed by atoms with Crippen molar-refractivity contribution in [2.45, 2.75) is 509 Å². The normalized spacial score (nSPS) is 13.7. The van der Waals surface area contributed by atoms with Crippen molar-refractivity contribution in [3.63, 3.8) is 0 Å². The predicted molar refractivity (Wildman–Crippen MR) is 455 cm³/mol. The van der Waals surface area contributed by atoms with Crippen molar-refractivity contribution in [1.29, 1.82) is 0 Å². The van der Waals surface area contributed by atoms with E-state index in [9.17, 15) is 43.2 Å². The van der Waals surface area contributed by atoms with Crippen molar-refractivity contribution in [1.82, 2.24) is 0 Å². The number of hydrogen-bond acceptors (Lipinski definition) is 15. The molecule has 17 nitrogen and oxygen atoms in total. The summed E-state index contributed by atoms with van der Waals surface area (Å²) in [6.45, 7) is 9.73. The molecule has 0 aliphatic carbocycles. The maximum atomic E-state index is 13.2. The number of unbranched alkanes of at least 4 members (excludes halogenated alkanes) is 60. The monoisotopic (exact) mass is 1610 g/mol. The van der Waals surface area contributed by atoms with Gasteiger partial charge in [0.2, 0.25) is 0 Å². The molecule has 0 aromatic heterocycles. The molecular formula is C91H178O17P2. The molecule has 0 rings (SSSR count). The maximum absolute atomic E-state index is 13.2. The average molecular weight is 1610 g/mol. The molecule has 0 aliphatic rings. The van der Waals surface area contributed by atoms with Crippen LogP contribution in [-0.4, -0.2) is 96.7 Å². The summed E-state index contributed by atoms with van der Waals surface area (Å²) in [4.78, 5) is 73.4. The summed E-state index contributed by atoms with van der Waals surface area (Å²) in [5.74, 6) is -0.514. The molecule has 0 aromatic rings. The van der Waals surface area contributed by atoms with Crippen molar-refractivity contribution >= 4 is 39.5 Å². The van der Waals surface area contributed by atoms with Crippen LogP contribution in [0.25, 0.3) is 0 Å². The summed E-state index contributed by atoms with van der Waals surface area (Å²) in [6.07, 6.45) is 76.5. The van der Waals surface area contributed by atoms with Gasteiger partial charge in [-0.3, -0.25) is 37.3 Å². The lowest BCUT2D eigenvalue weighted by atomic mass is 10.0. The Morgan fingerprint density at radius 3 is 0.618 bits per heavy atom. The van der Waals surface area contributed by atoms with Crippen LogP contribution in [-0.2, 0) is 65.4 Å². The van der Waals surface area contributed by atoms with E-state index in [1.54, 1.807) is 0 Å². The van der Waals surface area contributed by atoms with Crippen LogP contribution in [0.5, 0.6) is 0 Å². The molecule has 110 heavy (non-hydrogen) atoms. The van der Waals surface area contributed by atoms with Gasteiger partial charge in [-0.15, -0.1) is 0 Å². The summed E-state index contributed by atoms with van der Waals surface area (Å²) >= 11 is 0. The van der Waals surface area contributed by atoms with Gasteiger partial charge in [-0.05, 0) is 37.5 Å². The van der Waals surface area contributed by atoms with E-state index in [1.165, 1.54) is 308 Å². The third kappa shape index (κ3) is 84.0. The number of rotatable bonds is 90. The summed E-state index contributed by atoms with van der Waals surface area (Å²) in [6, 6.07) is 0.